The zero-order valence-corrected chi connectivity index (χ0v) is 11.8. The number of unbranched alkanes of at least 4 members (excludes halogenated alkanes) is 1. The standard InChI is InChI=1S/C13H17BrFNO2/c1-2-3-4-12(13(17)18)16-8-9-5-6-10(14)7-11(9)15/h5-7,12,16H,2-4,8H2,1H3,(H,17,18). The van der Waals surface area contributed by atoms with Crippen molar-refractivity contribution >= 4 is 21.9 Å². The fourth-order valence-corrected chi connectivity index (χ4v) is 1.95. The summed E-state index contributed by atoms with van der Waals surface area (Å²) in [4.78, 5) is 11.0. The first kappa shape index (κ1) is 15.1. The smallest absolute Gasteiger partial charge is 0.320 e. The number of carboxylic acids is 1. The van der Waals surface area contributed by atoms with E-state index in [-0.39, 0.29) is 12.4 Å². The van der Waals surface area contributed by atoms with Gasteiger partial charge >= 0.3 is 5.97 Å². The van der Waals surface area contributed by atoms with Crippen molar-refractivity contribution in [1.29, 1.82) is 0 Å². The maximum absolute atomic E-state index is 13.5. The van der Waals surface area contributed by atoms with E-state index >= 15 is 0 Å². The van der Waals surface area contributed by atoms with Crippen LogP contribution in [0.5, 0.6) is 0 Å². The summed E-state index contributed by atoms with van der Waals surface area (Å²) in [5, 5.41) is 11.9. The first-order chi connectivity index (χ1) is 8.54. The number of rotatable bonds is 7. The Bertz CT molecular complexity index is 412. The van der Waals surface area contributed by atoms with Crippen LogP contribution in [0.15, 0.2) is 22.7 Å². The molecule has 0 saturated carbocycles. The van der Waals surface area contributed by atoms with Crippen molar-refractivity contribution in [2.75, 3.05) is 0 Å². The molecular weight excluding hydrogens is 301 g/mol. The predicted molar refractivity (Wildman–Crippen MR) is 71.9 cm³/mol. The van der Waals surface area contributed by atoms with Gasteiger partial charge in [-0.2, -0.15) is 0 Å². The third-order valence-corrected chi connectivity index (χ3v) is 3.19. The van der Waals surface area contributed by atoms with Crippen LogP contribution in [0.4, 0.5) is 4.39 Å². The number of halogens is 2. The molecule has 100 valence electrons. The lowest BCUT2D eigenvalue weighted by molar-refractivity contribution is -0.139. The molecule has 0 amide bonds. The molecule has 2 N–H and O–H groups in total. The Morgan fingerprint density at radius 2 is 2.28 bits per heavy atom. The Morgan fingerprint density at radius 3 is 2.83 bits per heavy atom. The molecule has 0 aliphatic heterocycles. The number of hydrogen-bond acceptors (Lipinski definition) is 2. The lowest BCUT2D eigenvalue weighted by atomic mass is 10.1. The fourth-order valence-electron chi connectivity index (χ4n) is 1.62. The predicted octanol–water partition coefficient (Wildman–Crippen LogP) is 3.32. The molecule has 1 rings (SSSR count). The van der Waals surface area contributed by atoms with Gasteiger partial charge in [0.05, 0.1) is 0 Å². The van der Waals surface area contributed by atoms with E-state index in [9.17, 15) is 9.18 Å². The van der Waals surface area contributed by atoms with Crippen molar-refractivity contribution in [3.05, 3.63) is 34.1 Å². The number of carboxylic acid groups (broad SMARTS) is 1. The zero-order valence-electron chi connectivity index (χ0n) is 10.2. The van der Waals surface area contributed by atoms with Gasteiger partial charge in [0.1, 0.15) is 11.9 Å². The molecule has 1 atom stereocenters. The van der Waals surface area contributed by atoms with Crippen LogP contribution in [0.2, 0.25) is 0 Å². The molecule has 0 aromatic heterocycles. The van der Waals surface area contributed by atoms with E-state index in [1.807, 2.05) is 6.92 Å². The Labute approximate surface area is 115 Å². The lowest BCUT2D eigenvalue weighted by Gasteiger charge is -2.14. The summed E-state index contributed by atoms with van der Waals surface area (Å²) >= 11 is 3.18. The van der Waals surface area contributed by atoms with Gasteiger partial charge in [-0.15, -0.1) is 0 Å². The van der Waals surface area contributed by atoms with Crippen LogP contribution in [-0.4, -0.2) is 17.1 Å². The number of aliphatic carboxylic acids is 1. The van der Waals surface area contributed by atoms with Crippen LogP contribution in [0.3, 0.4) is 0 Å². The molecule has 0 saturated heterocycles. The summed E-state index contributed by atoms with van der Waals surface area (Å²) in [7, 11) is 0. The third-order valence-electron chi connectivity index (χ3n) is 2.70. The average molecular weight is 318 g/mol. The maximum atomic E-state index is 13.5. The van der Waals surface area contributed by atoms with Crippen LogP contribution >= 0.6 is 15.9 Å². The summed E-state index contributed by atoms with van der Waals surface area (Å²) in [6.07, 6.45) is 2.34. The maximum Gasteiger partial charge on any atom is 0.320 e. The minimum atomic E-state index is -0.888. The van der Waals surface area contributed by atoms with Gasteiger partial charge in [-0.25, -0.2) is 4.39 Å². The Balaban J connectivity index is 2.58. The molecule has 0 aliphatic carbocycles. The highest BCUT2D eigenvalue weighted by molar-refractivity contribution is 9.10. The summed E-state index contributed by atoms with van der Waals surface area (Å²) in [5.41, 5.74) is 0.473. The minimum Gasteiger partial charge on any atom is -0.480 e. The van der Waals surface area contributed by atoms with Crippen molar-refractivity contribution < 1.29 is 14.3 Å². The molecule has 1 aromatic rings. The zero-order chi connectivity index (χ0) is 13.5. The summed E-state index contributed by atoms with van der Waals surface area (Å²) < 4.78 is 14.2. The van der Waals surface area contributed by atoms with Crippen LogP contribution in [0, 0.1) is 5.82 Å². The number of carbonyl (C=O) groups is 1. The second-order valence-corrected chi connectivity index (χ2v) is 5.07. The van der Waals surface area contributed by atoms with E-state index in [0.717, 1.165) is 12.8 Å². The lowest BCUT2D eigenvalue weighted by Crippen LogP contribution is -2.36. The van der Waals surface area contributed by atoms with Gasteiger partial charge in [-0.1, -0.05) is 41.8 Å². The highest BCUT2D eigenvalue weighted by Crippen LogP contribution is 2.15. The average Bonchev–Trinajstić information content (AvgIpc) is 2.31. The molecule has 0 heterocycles. The van der Waals surface area contributed by atoms with Crippen molar-refractivity contribution in [3.63, 3.8) is 0 Å². The van der Waals surface area contributed by atoms with Gasteiger partial charge in [-0.05, 0) is 18.6 Å². The van der Waals surface area contributed by atoms with E-state index in [2.05, 4.69) is 21.2 Å². The van der Waals surface area contributed by atoms with Crippen molar-refractivity contribution in [2.24, 2.45) is 0 Å². The number of nitrogens with one attached hydrogen (secondary N) is 1. The SMILES string of the molecule is CCCCC(NCc1ccc(Br)cc1F)C(=O)O. The first-order valence-corrected chi connectivity index (χ1v) is 6.74. The van der Waals surface area contributed by atoms with E-state index in [0.29, 0.717) is 16.5 Å². The normalized spacial score (nSPS) is 12.4. The molecule has 3 nitrogen and oxygen atoms in total. The summed E-state index contributed by atoms with van der Waals surface area (Å²) in [5.74, 6) is -1.22. The van der Waals surface area contributed by atoms with Crippen molar-refractivity contribution in [1.82, 2.24) is 5.32 Å². The van der Waals surface area contributed by atoms with E-state index in [1.54, 1.807) is 12.1 Å². The molecule has 0 radical (unpaired) electrons. The second-order valence-electron chi connectivity index (χ2n) is 4.15. The summed E-state index contributed by atoms with van der Waals surface area (Å²) in [6.45, 7) is 2.23. The number of benzene rings is 1. The molecule has 0 bridgehead atoms. The Morgan fingerprint density at radius 1 is 1.56 bits per heavy atom. The van der Waals surface area contributed by atoms with Gasteiger partial charge < -0.3 is 10.4 Å². The molecule has 0 fully saturated rings. The molecule has 18 heavy (non-hydrogen) atoms. The van der Waals surface area contributed by atoms with E-state index in [1.165, 1.54) is 6.07 Å². The third kappa shape index (κ3) is 4.74. The van der Waals surface area contributed by atoms with Gasteiger partial charge in [0.25, 0.3) is 0 Å². The molecule has 1 aromatic carbocycles. The molecular formula is C13H17BrFNO2. The van der Waals surface area contributed by atoms with E-state index < -0.39 is 12.0 Å². The van der Waals surface area contributed by atoms with Crippen LogP contribution in [-0.2, 0) is 11.3 Å². The van der Waals surface area contributed by atoms with Crippen molar-refractivity contribution in [2.45, 2.75) is 38.8 Å². The van der Waals surface area contributed by atoms with Crippen LogP contribution < -0.4 is 5.32 Å². The van der Waals surface area contributed by atoms with Crippen LogP contribution in [0.1, 0.15) is 31.7 Å². The molecule has 0 spiro atoms. The van der Waals surface area contributed by atoms with E-state index in [4.69, 9.17) is 5.11 Å². The van der Waals surface area contributed by atoms with Crippen LogP contribution in [0.25, 0.3) is 0 Å². The summed E-state index contributed by atoms with van der Waals surface area (Å²) in [6, 6.07) is 4.14. The minimum absolute atomic E-state index is 0.222. The highest BCUT2D eigenvalue weighted by atomic mass is 79.9. The quantitative estimate of drug-likeness (QED) is 0.811. The first-order valence-electron chi connectivity index (χ1n) is 5.94. The highest BCUT2D eigenvalue weighted by Gasteiger charge is 2.16. The fraction of sp³-hybridized carbons (Fsp3) is 0.462. The Hall–Kier alpha value is -0.940. The number of hydrogen-bond donors (Lipinski definition) is 2. The Kier molecular flexibility index (Phi) is 6.29. The van der Waals surface area contributed by atoms with Gasteiger partial charge in [0.15, 0.2) is 0 Å². The topological polar surface area (TPSA) is 49.3 Å². The van der Waals surface area contributed by atoms with Gasteiger partial charge in [0.2, 0.25) is 0 Å². The van der Waals surface area contributed by atoms with Gasteiger partial charge in [0, 0.05) is 16.6 Å². The molecule has 5 heteroatoms. The van der Waals surface area contributed by atoms with Gasteiger partial charge in [-0.3, -0.25) is 4.79 Å². The largest absolute Gasteiger partial charge is 0.480 e. The monoisotopic (exact) mass is 317 g/mol. The molecule has 1 unspecified atom stereocenters. The second kappa shape index (κ2) is 7.48. The van der Waals surface area contributed by atoms with Crippen molar-refractivity contribution in [3.8, 4) is 0 Å². The molecule has 0 aliphatic rings.